The number of allylic oxidation sites excluding steroid dienone is 5. The van der Waals surface area contributed by atoms with Crippen LogP contribution in [0.25, 0.3) is 99.0 Å². The number of nitrogen functional groups attached to an aromatic ring is 6. The fraction of sp³-hybridized carbons (Fsp3) is 0.314. The van der Waals surface area contributed by atoms with Gasteiger partial charge in [0.05, 0.1) is 109 Å². The predicted molar refractivity (Wildman–Crippen MR) is 554 cm³/mol. The maximum atomic E-state index is 9.41. The number of benzene rings is 6. The number of aromatic nitrogens is 8. The molecule has 19 N–H and O–H groups in total. The molecule has 21 rings (SSSR count). The Kier molecular flexibility index (Phi) is 29.4. The Bertz CT molecular complexity index is 6450. The average Bonchev–Trinajstić information content (AvgIpc) is 1.63. The van der Waals surface area contributed by atoms with Crippen LogP contribution in [0.1, 0.15) is 127 Å². The number of rotatable bonds is 24. The molecule has 1 saturated heterocycles. The van der Waals surface area contributed by atoms with Gasteiger partial charge in [0.25, 0.3) is 0 Å². The number of aliphatic hydroxyl groups excluding tert-OH is 2. The number of fused-ring (bicyclic) bond motifs is 6. The maximum absolute atomic E-state index is 9.41. The van der Waals surface area contributed by atoms with Gasteiger partial charge in [-0.15, -0.1) is 0 Å². The van der Waals surface area contributed by atoms with Gasteiger partial charge in [-0.25, -0.2) is 34.6 Å². The first kappa shape index (κ1) is 91.8. The van der Waals surface area contributed by atoms with E-state index in [1.165, 1.54) is 77.5 Å². The molecule has 8 aliphatic rings. The number of anilines is 11. The van der Waals surface area contributed by atoms with Crippen LogP contribution in [0.4, 0.5) is 63.3 Å². The van der Waals surface area contributed by atoms with Gasteiger partial charge in [-0.1, -0.05) is 88.7 Å². The molecule has 13 aromatic rings. The minimum absolute atomic E-state index is 0.135. The predicted octanol–water partition coefficient (Wildman–Crippen LogP) is 18.2. The summed E-state index contributed by atoms with van der Waals surface area (Å²) in [5.74, 6) is 5.47. The Hall–Kier alpha value is -14.5. The molecule has 7 aromatic heterocycles. The zero-order chi connectivity index (χ0) is 92.5. The zero-order valence-corrected chi connectivity index (χ0v) is 76.5. The lowest BCUT2D eigenvalue weighted by Crippen LogP contribution is -2.46. The summed E-state index contributed by atoms with van der Waals surface area (Å²) in [6, 6.07) is 51.6. The average molecular weight is 1780 g/mol. The van der Waals surface area contributed by atoms with E-state index in [-0.39, 0.29) is 5.41 Å². The summed E-state index contributed by atoms with van der Waals surface area (Å²) in [4.78, 5) is 47.9. The van der Waals surface area contributed by atoms with Gasteiger partial charge >= 0.3 is 0 Å². The molecule has 13 heterocycles. The van der Waals surface area contributed by atoms with Crippen molar-refractivity contribution in [1.82, 2.24) is 39.7 Å². The van der Waals surface area contributed by atoms with Gasteiger partial charge in [0.2, 0.25) is 0 Å². The first-order chi connectivity index (χ1) is 64.6. The smallest absolute Gasteiger partial charge is 0.132 e. The van der Waals surface area contributed by atoms with E-state index in [4.69, 9.17) is 43.9 Å². The highest BCUT2D eigenvalue weighted by Gasteiger charge is 2.38. The van der Waals surface area contributed by atoms with Crippen molar-refractivity contribution in [3.63, 3.8) is 0 Å². The van der Waals surface area contributed by atoms with Gasteiger partial charge < -0.3 is 80.7 Å². The van der Waals surface area contributed by atoms with Gasteiger partial charge in [-0.3, -0.25) is 25.0 Å². The molecule has 684 valence electrons. The normalized spacial score (nSPS) is 18.0. The summed E-state index contributed by atoms with van der Waals surface area (Å²) in [6.45, 7) is 20.2. The molecule has 28 nitrogen and oxygen atoms in total. The molecule has 2 aliphatic carbocycles. The van der Waals surface area contributed by atoms with Crippen molar-refractivity contribution in [2.45, 2.75) is 124 Å². The maximum Gasteiger partial charge on any atom is 0.132 e. The van der Waals surface area contributed by atoms with Gasteiger partial charge in [-0.2, -0.15) is 5.10 Å². The first-order valence-electron chi connectivity index (χ1n) is 46.1. The van der Waals surface area contributed by atoms with Gasteiger partial charge in [0.1, 0.15) is 40.7 Å². The van der Waals surface area contributed by atoms with E-state index in [1.54, 1.807) is 32.2 Å². The fourth-order valence-corrected chi connectivity index (χ4v) is 17.5. The quantitative estimate of drug-likeness (QED) is 0.0250. The number of ether oxygens (including phenoxy) is 2. The largest absolute Gasteiger partial charge is 0.492 e. The van der Waals surface area contributed by atoms with Crippen LogP contribution in [0.3, 0.4) is 0 Å². The zero-order valence-electron chi connectivity index (χ0n) is 76.5. The van der Waals surface area contributed by atoms with Crippen LogP contribution in [0.2, 0.25) is 0 Å². The van der Waals surface area contributed by atoms with Crippen molar-refractivity contribution in [2.75, 3.05) is 133 Å². The van der Waals surface area contributed by atoms with Crippen molar-refractivity contribution in [3.8, 4) is 11.4 Å². The number of unbranched alkanes of at least 4 members (excludes halogenated alkanes) is 1. The van der Waals surface area contributed by atoms with Crippen molar-refractivity contribution in [3.05, 3.63) is 222 Å². The molecule has 0 spiro atoms. The third-order valence-corrected chi connectivity index (χ3v) is 25.0. The third-order valence-electron chi connectivity index (χ3n) is 25.0. The lowest BCUT2D eigenvalue weighted by atomic mass is 9.84. The number of nitrogens with one attached hydrogen (secondary N) is 5. The van der Waals surface area contributed by atoms with E-state index in [0.29, 0.717) is 79.8 Å². The summed E-state index contributed by atoms with van der Waals surface area (Å²) >= 11 is 0. The Labute approximate surface area is 775 Å². The number of hydrogen-bond acceptors (Lipinski definition) is 27. The van der Waals surface area contributed by atoms with Crippen LogP contribution >= 0.6 is 0 Å². The molecule has 0 radical (unpaired) electrons. The van der Waals surface area contributed by atoms with E-state index in [0.717, 1.165) is 192 Å². The summed E-state index contributed by atoms with van der Waals surface area (Å²) in [7, 11) is 0. The summed E-state index contributed by atoms with van der Waals surface area (Å²) in [5.41, 5.74) is 58.9. The molecule has 0 unspecified atom stereocenters. The lowest BCUT2D eigenvalue weighted by molar-refractivity contribution is -0.133. The van der Waals surface area contributed by atoms with Gasteiger partial charge in [-0.05, 0) is 224 Å². The van der Waals surface area contributed by atoms with E-state index in [1.807, 2.05) is 127 Å². The molecule has 0 bridgehead atoms. The molecule has 6 aromatic carbocycles. The number of hydrogen-bond donors (Lipinski definition) is 13. The van der Waals surface area contributed by atoms with E-state index >= 15 is 0 Å². The fourth-order valence-electron chi connectivity index (χ4n) is 17.5. The number of nitrogens with zero attached hydrogens (tertiary/aromatic N) is 13. The van der Waals surface area contributed by atoms with Crippen molar-refractivity contribution in [2.24, 2.45) is 42.2 Å². The molecule has 3 fully saturated rings. The molecule has 28 heteroatoms. The SMILES string of the molecule is CCC1(COc2cc(N)nc3cc(C4=CC=NC4)ccc23)COC1.CCCCNc1cc(N)nc2cc(-n3cccn3)ccc12.C[C@@H](O)CNc1cc(N)nc2cc(C3=CC=NC3)ccc12.C[C@@H]1CC[C@@H](Nc2cc(N)nc3cc(C4=CC=NC4)ccc23)C1.C[C@H](O)CNc1cc(N)nc2cc(C3=CC=NC3)ccc12.C[C@H]1CC[C@@H](Nc2cc(N)nc3cc(C4=CC=NC4)ccc23)C1. The van der Waals surface area contributed by atoms with E-state index in [9.17, 15) is 10.2 Å². The summed E-state index contributed by atoms with van der Waals surface area (Å²) < 4.78 is 13.3. The number of aliphatic imine (C=N–C) groups is 5. The van der Waals surface area contributed by atoms with Crippen molar-refractivity contribution < 1.29 is 19.7 Å². The molecule has 133 heavy (non-hydrogen) atoms. The molecular weight excluding hydrogens is 1660 g/mol. The standard InChI is InChI=1S/2C19H22N4.C19H21N3O2.C16H19N5.2C16H18N4O/c2*1-12-2-4-15(8-12)22-18-10-19(20)23-17-9-13(3-5-16(17)18)14-6-7-21-11-14;1-2-19(10-23-11-19)12-24-17-8-18(20)22-16-7-13(3-4-15(16)17)14-5-6-21-9-14;1-2-3-7-18-14-11-16(17)20-15-10-12(5-6-13(14)15)21-9-4-8-19-21;2*1-10(21)8-19-14-7-16(17)20-15-6-11(2-3-13(14)15)12-4-5-18-9-12/h2*3,5-7,9-10,12,15H,2,4,8,11H2,1H3,(H3,20,22,23);3-8H,2,9-12H2,1H3,(H2,20,22);4-6,8-11H,2-3,7H2,1H3,(H3,17,18,20);2*2-7,10,21H,8-9H2,1H3,(H3,17,19,20)/t12-,15+;12-,15-;;;2*10-/m01..10/s1. The molecule has 0 amide bonds. The van der Waals surface area contributed by atoms with Crippen molar-refractivity contribution >= 4 is 188 Å². The first-order valence-corrected chi connectivity index (χ1v) is 46.1. The highest BCUT2D eigenvalue weighted by molar-refractivity contribution is 6.03. The van der Waals surface area contributed by atoms with Crippen molar-refractivity contribution in [1.29, 1.82) is 0 Å². The number of aliphatic hydroxyl groups is 2. The van der Waals surface area contributed by atoms with Gasteiger partial charge in [0.15, 0.2) is 0 Å². The highest BCUT2D eigenvalue weighted by Crippen LogP contribution is 2.40. The van der Waals surface area contributed by atoms with Crippen LogP contribution in [0.5, 0.6) is 5.75 Å². The third kappa shape index (κ3) is 23.3. The molecule has 2 saturated carbocycles. The van der Waals surface area contributed by atoms with Crippen LogP contribution < -0.4 is 65.7 Å². The topological polar surface area (TPSA) is 432 Å². The lowest BCUT2D eigenvalue weighted by Gasteiger charge is -2.40. The monoisotopic (exact) mass is 1780 g/mol. The Balaban J connectivity index is 0.000000116. The number of pyridine rings is 6. The minimum atomic E-state index is -0.422. The summed E-state index contributed by atoms with van der Waals surface area (Å²) in [6.07, 6.45) is 33.1. The summed E-state index contributed by atoms with van der Waals surface area (Å²) in [5, 5.41) is 46.6. The molecule has 6 aliphatic heterocycles. The molecule has 6 atom stereocenters. The second-order valence-corrected chi connectivity index (χ2v) is 35.6. The van der Waals surface area contributed by atoms with Crippen LogP contribution in [0.15, 0.2) is 219 Å². The minimum Gasteiger partial charge on any atom is -0.492 e. The number of nitrogens with two attached hydrogens (primary N) is 6. The second kappa shape index (κ2) is 42.6. The van der Waals surface area contributed by atoms with Gasteiger partial charge in [0, 0.05) is 172 Å². The van der Waals surface area contributed by atoms with E-state index in [2.05, 4.69) is 199 Å². The van der Waals surface area contributed by atoms with Crippen LogP contribution in [0, 0.1) is 17.3 Å². The second-order valence-electron chi connectivity index (χ2n) is 35.6. The Morgan fingerprint density at radius 2 is 0.774 bits per heavy atom. The van der Waals surface area contributed by atoms with Crippen LogP contribution in [-0.2, 0) is 4.74 Å². The van der Waals surface area contributed by atoms with Crippen LogP contribution in [-0.4, -0.2) is 177 Å². The van der Waals surface area contributed by atoms with E-state index < -0.39 is 12.2 Å². The highest BCUT2D eigenvalue weighted by atomic mass is 16.5. The Morgan fingerprint density at radius 1 is 0.429 bits per heavy atom. The Morgan fingerprint density at radius 3 is 1.10 bits per heavy atom. The molecular formula is C105H120N24O4.